The van der Waals surface area contributed by atoms with Gasteiger partial charge in [0.25, 0.3) is 0 Å². The van der Waals surface area contributed by atoms with Crippen LogP contribution in [0.4, 0.5) is 4.39 Å². The Hall–Kier alpha value is -1.72. The Balaban J connectivity index is 2.18. The van der Waals surface area contributed by atoms with Gasteiger partial charge in [0.05, 0.1) is 5.75 Å². The molecule has 0 saturated heterocycles. The van der Waals surface area contributed by atoms with Crippen LogP contribution in [0.5, 0.6) is 0 Å². The minimum atomic E-state index is -3.15. The highest BCUT2D eigenvalue weighted by molar-refractivity contribution is 7.90. The fourth-order valence-electron chi connectivity index (χ4n) is 2.33. The molecule has 0 unspecified atom stereocenters. The van der Waals surface area contributed by atoms with E-state index in [2.05, 4.69) is 5.32 Å². The molecule has 0 heterocycles. The molecular weight excluding hydrogens is 301 g/mol. The summed E-state index contributed by atoms with van der Waals surface area (Å²) in [7, 11) is -3.15. The lowest BCUT2D eigenvalue weighted by atomic mass is 10.1. The highest BCUT2D eigenvalue weighted by atomic mass is 32.2. The summed E-state index contributed by atoms with van der Waals surface area (Å²) in [4.78, 5) is 0. The van der Waals surface area contributed by atoms with E-state index < -0.39 is 9.84 Å². The third kappa shape index (κ3) is 4.93. The predicted molar refractivity (Wildman–Crippen MR) is 86.9 cm³/mol. The quantitative estimate of drug-likeness (QED) is 0.889. The van der Waals surface area contributed by atoms with Crippen molar-refractivity contribution in [3.05, 3.63) is 71.0 Å². The van der Waals surface area contributed by atoms with Crippen molar-refractivity contribution in [2.75, 3.05) is 12.0 Å². The number of nitrogens with one attached hydrogen (secondary N) is 1. The van der Waals surface area contributed by atoms with Gasteiger partial charge in [0.1, 0.15) is 15.7 Å². The molecule has 0 radical (unpaired) electrons. The predicted octanol–water partition coefficient (Wildman–Crippen LogP) is 3.01. The van der Waals surface area contributed by atoms with Crippen LogP contribution in [0.15, 0.2) is 48.5 Å². The first-order chi connectivity index (χ1) is 10.3. The van der Waals surface area contributed by atoms with E-state index in [-0.39, 0.29) is 24.2 Å². The monoisotopic (exact) mass is 321 g/mol. The second-order valence-electron chi connectivity index (χ2n) is 5.53. The Bertz CT molecular complexity index is 730. The van der Waals surface area contributed by atoms with Crippen molar-refractivity contribution in [2.24, 2.45) is 0 Å². The standard InChI is InChI=1S/C17H20FNO2S/c1-13-8-9-16(18)15(10-13)11-19-17(12-22(2,20)21)14-6-4-3-5-7-14/h3-10,17,19H,11-12H2,1-2H3/t17-/m0/s1. The molecule has 2 aromatic rings. The van der Waals surface area contributed by atoms with E-state index in [1.807, 2.05) is 37.3 Å². The van der Waals surface area contributed by atoms with Gasteiger partial charge >= 0.3 is 0 Å². The molecule has 0 bridgehead atoms. The normalized spacial score (nSPS) is 13.0. The molecule has 0 spiro atoms. The van der Waals surface area contributed by atoms with Gasteiger partial charge in [-0.25, -0.2) is 12.8 Å². The molecule has 0 amide bonds. The second kappa shape index (κ2) is 7.03. The number of halogens is 1. The molecule has 1 N–H and O–H groups in total. The van der Waals surface area contributed by atoms with Crippen LogP contribution in [-0.2, 0) is 16.4 Å². The average Bonchev–Trinajstić information content (AvgIpc) is 2.46. The molecule has 3 nitrogen and oxygen atoms in total. The molecule has 0 aliphatic heterocycles. The number of aryl methyl sites for hydroxylation is 1. The minimum absolute atomic E-state index is 0.0234. The Morgan fingerprint density at radius 1 is 1.14 bits per heavy atom. The molecule has 0 fully saturated rings. The van der Waals surface area contributed by atoms with E-state index in [9.17, 15) is 12.8 Å². The van der Waals surface area contributed by atoms with Gasteiger partial charge in [-0.1, -0.05) is 48.0 Å². The SMILES string of the molecule is Cc1ccc(F)c(CN[C@@H](CS(C)(=O)=O)c2ccccc2)c1. The third-order valence-corrected chi connectivity index (χ3v) is 4.35. The summed E-state index contributed by atoms with van der Waals surface area (Å²) in [5, 5.41) is 3.16. The number of hydrogen-bond acceptors (Lipinski definition) is 3. The maximum absolute atomic E-state index is 13.8. The van der Waals surface area contributed by atoms with Gasteiger partial charge < -0.3 is 5.32 Å². The van der Waals surface area contributed by atoms with Crippen LogP contribution in [0.3, 0.4) is 0 Å². The first kappa shape index (κ1) is 16.6. The summed E-state index contributed by atoms with van der Waals surface area (Å²) in [6, 6.07) is 13.9. The molecule has 118 valence electrons. The first-order valence-corrected chi connectivity index (χ1v) is 9.12. The first-order valence-electron chi connectivity index (χ1n) is 7.06. The minimum Gasteiger partial charge on any atom is -0.305 e. The van der Waals surface area contributed by atoms with E-state index in [0.29, 0.717) is 5.56 Å². The molecule has 5 heteroatoms. The average molecular weight is 321 g/mol. The summed E-state index contributed by atoms with van der Waals surface area (Å²) >= 11 is 0. The van der Waals surface area contributed by atoms with Crippen LogP contribution in [0.25, 0.3) is 0 Å². The van der Waals surface area contributed by atoms with Gasteiger partial charge in [0, 0.05) is 24.4 Å². The Morgan fingerprint density at radius 3 is 2.45 bits per heavy atom. The maximum Gasteiger partial charge on any atom is 0.149 e. The van der Waals surface area contributed by atoms with Gasteiger partial charge in [-0.2, -0.15) is 0 Å². The van der Waals surface area contributed by atoms with Crippen molar-refractivity contribution in [1.82, 2.24) is 5.32 Å². The van der Waals surface area contributed by atoms with Crippen molar-refractivity contribution in [2.45, 2.75) is 19.5 Å². The smallest absolute Gasteiger partial charge is 0.149 e. The Morgan fingerprint density at radius 2 is 1.82 bits per heavy atom. The van der Waals surface area contributed by atoms with Gasteiger partial charge in [-0.05, 0) is 18.6 Å². The zero-order chi connectivity index (χ0) is 16.2. The number of sulfone groups is 1. The number of hydrogen-bond donors (Lipinski definition) is 1. The van der Waals surface area contributed by atoms with Crippen LogP contribution in [0, 0.1) is 12.7 Å². The third-order valence-electron chi connectivity index (χ3n) is 3.41. The van der Waals surface area contributed by atoms with Gasteiger partial charge in [0.2, 0.25) is 0 Å². The molecule has 0 aliphatic rings. The highest BCUT2D eigenvalue weighted by Crippen LogP contribution is 2.17. The highest BCUT2D eigenvalue weighted by Gasteiger charge is 2.17. The molecule has 0 saturated carbocycles. The lowest BCUT2D eigenvalue weighted by Crippen LogP contribution is -2.27. The van der Waals surface area contributed by atoms with E-state index in [0.717, 1.165) is 11.1 Å². The summed E-state index contributed by atoms with van der Waals surface area (Å²) in [6.45, 7) is 2.18. The maximum atomic E-state index is 13.8. The second-order valence-corrected chi connectivity index (χ2v) is 7.72. The molecule has 1 atom stereocenters. The van der Waals surface area contributed by atoms with Crippen molar-refractivity contribution >= 4 is 9.84 Å². The van der Waals surface area contributed by atoms with Crippen molar-refractivity contribution in [3.8, 4) is 0 Å². The van der Waals surface area contributed by atoms with Crippen LogP contribution in [0.1, 0.15) is 22.7 Å². The van der Waals surface area contributed by atoms with Crippen LogP contribution >= 0.6 is 0 Å². The van der Waals surface area contributed by atoms with Gasteiger partial charge in [-0.15, -0.1) is 0 Å². The topological polar surface area (TPSA) is 46.2 Å². The molecule has 2 rings (SSSR count). The molecule has 0 aromatic heterocycles. The lowest BCUT2D eigenvalue weighted by molar-refractivity contribution is 0.533. The Kier molecular flexibility index (Phi) is 5.32. The fraction of sp³-hybridized carbons (Fsp3) is 0.294. The zero-order valence-electron chi connectivity index (χ0n) is 12.7. The summed E-state index contributed by atoms with van der Waals surface area (Å²) in [6.07, 6.45) is 1.21. The van der Waals surface area contributed by atoms with Crippen molar-refractivity contribution < 1.29 is 12.8 Å². The van der Waals surface area contributed by atoms with Crippen LogP contribution in [-0.4, -0.2) is 20.4 Å². The van der Waals surface area contributed by atoms with E-state index in [1.165, 1.54) is 12.3 Å². The Labute approximate surface area is 131 Å². The molecule has 22 heavy (non-hydrogen) atoms. The van der Waals surface area contributed by atoms with E-state index >= 15 is 0 Å². The number of benzene rings is 2. The lowest BCUT2D eigenvalue weighted by Gasteiger charge is -2.19. The van der Waals surface area contributed by atoms with Gasteiger partial charge in [-0.3, -0.25) is 0 Å². The molecule has 2 aromatic carbocycles. The van der Waals surface area contributed by atoms with Gasteiger partial charge in [0.15, 0.2) is 0 Å². The summed E-state index contributed by atoms with van der Waals surface area (Å²) in [5.41, 5.74) is 2.38. The molecular formula is C17H20FNO2S. The van der Waals surface area contributed by atoms with E-state index in [4.69, 9.17) is 0 Å². The zero-order valence-corrected chi connectivity index (χ0v) is 13.5. The number of rotatable bonds is 6. The van der Waals surface area contributed by atoms with Crippen molar-refractivity contribution in [3.63, 3.8) is 0 Å². The summed E-state index contributed by atoms with van der Waals surface area (Å²) < 4.78 is 37.1. The van der Waals surface area contributed by atoms with Crippen LogP contribution in [0.2, 0.25) is 0 Å². The largest absolute Gasteiger partial charge is 0.305 e. The molecule has 0 aliphatic carbocycles. The van der Waals surface area contributed by atoms with E-state index in [1.54, 1.807) is 12.1 Å². The summed E-state index contributed by atoms with van der Waals surface area (Å²) in [5.74, 6) is -0.311. The van der Waals surface area contributed by atoms with Crippen LogP contribution < -0.4 is 5.32 Å². The fourth-order valence-corrected chi connectivity index (χ4v) is 3.25. The van der Waals surface area contributed by atoms with Crippen molar-refractivity contribution in [1.29, 1.82) is 0 Å².